The number of nitrogens with one attached hydrogen (secondary N) is 1. The predicted molar refractivity (Wildman–Crippen MR) is 70.6 cm³/mol. The average molecular weight is 272 g/mol. The number of carbonyl (C=O) groups excluding carboxylic acids is 1. The lowest BCUT2D eigenvalue weighted by Crippen LogP contribution is -2.49. The van der Waals surface area contributed by atoms with E-state index in [0.29, 0.717) is 11.6 Å². The van der Waals surface area contributed by atoms with Crippen LogP contribution >= 0.6 is 11.8 Å². The first-order valence-corrected chi connectivity index (χ1v) is 7.71. The molecule has 1 saturated carbocycles. The van der Waals surface area contributed by atoms with Crippen LogP contribution in [0.4, 0.5) is 4.79 Å². The predicted octanol–water partition coefficient (Wildman–Crippen LogP) is 1.88. The molecular weight excluding hydrogens is 252 g/mol. The van der Waals surface area contributed by atoms with Crippen LogP contribution in [-0.4, -0.2) is 45.7 Å². The number of hydrogen-bond donors (Lipinski definition) is 2. The molecule has 6 heteroatoms. The first-order valence-electron chi connectivity index (χ1n) is 6.56. The van der Waals surface area contributed by atoms with Gasteiger partial charge in [0.1, 0.15) is 6.04 Å². The fourth-order valence-electron chi connectivity index (χ4n) is 2.53. The highest BCUT2D eigenvalue weighted by molar-refractivity contribution is 7.99. The van der Waals surface area contributed by atoms with Gasteiger partial charge in [-0.1, -0.05) is 25.7 Å². The molecule has 2 N–H and O–H groups in total. The van der Waals surface area contributed by atoms with Crippen LogP contribution in [0.3, 0.4) is 0 Å². The molecule has 2 aliphatic rings. The van der Waals surface area contributed by atoms with Crippen LogP contribution in [0.25, 0.3) is 0 Å². The highest BCUT2D eigenvalue weighted by Crippen LogP contribution is 2.22. The molecule has 2 rings (SSSR count). The number of thioether (sulfide) groups is 1. The second kappa shape index (κ2) is 6.31. The lowest BCUT2D eigenvalue weighted by atomic mass is 10.1. The molecule has 1 saturated heterocycles. The fraction of sp³-hybridized carbons (Fsp3) is 0.833. The van der Waals surface area contributed by atoms with Gasteiger partial charge in [0.15, 0.2) is 0 Å². The van der Waals surface area contributed by atoms with Gasteiger partial charge in [-0.05, 0) is 12.8 Å². The van der Waals surface area contributed by atoms with Crippen molar-refractivity contribution >= 4 is 23.8 Å². The summed E-state index contributed by atoms with van der Waals surface area (Å²) in [6.45, 7) is 0. The maximum Gasteiger partial charge on any atom is 0.327 e. The van der Waals surface area contributed by atoms with Gasteiger partial charge in [-0.15, -0.1) is 11.8 Å². The van der Waals surface area contributed by atoms with Crippen molar-refractivity contribution in [1.29, 1.82) is 0 Å². The van der Waals surface area contributed by atoms with Gasteiger partial charge in [0.05, 0.1) is 5.88 Å². The van der Waals surface area contributed by atoms with Crippen molar-refractivity contribution < 1.29 is 14.7 Å². The zero-order valence-electron chi connectivity index (χ0n) is 10.4. The van der Waals surface area contributed by atoms with E-state index in [-0.39, 0.29) is 12.1 Å². The van der Waals surface area contributed by atoms with Crippen molar-refractivity contribution in [2.24, 2.45) is 0 Å². The Kier molecular flexibility index (Phi) is 4.74. The van der Waals surface area contributed by atoms with E-state index >= 15 is 0 Å². The molecule has 18 heavy (non-hydrogen) atoms. The van der Waals surface area contributed by atoms with Gasteiger partial charge >= 0.3 is 12.0 Å². The quantitative estimate of drug-likeness (QED) is 0.753. The second-order valence-electron chi connectivity index (χ2n) is 4.96. The molecule has 0 bridgehead atoms. The molecule has 0 aromatic heterocycles. The van der Waals surface area contributed by atoms with Crippen molar-refractivity contribution in [1.82, 2.24) is 10.2 Å². The first kappa shape index (κ1) is 13.5. The lowest BCUT2D eigenvalue weighted by molar-refractivity contribution is -0.140. The molecule has 0 aromatic carbocycles. The van der Waals surface area contributed by atoms with Gasteiger partial charge in [0.25, 0.3) is 0 Å². The molecule has 1 aliphatic heterocycles. The molecule has 2 fully saturated rings. The van der Waals surface area contributed by atoms with Gasteiger partial charge < -0.3 is 15.3 Å². The largest absolute Gasteiger partial charge is 0.480 e. The maximum atomic E-state index is 12.1. The third-order valence-electron chi connectivity index (χ3n) is 3.61. The molecule has 0 radical (unpaired) electrons. The Morgan fingerprint density at radius 1 is 1.17 bits per heavy atom. The highest BCUT2D eigenvalue weighted by atomic mass is 32.2. The van der Waals surface area contributed by atoms with Crippen molar-refractivity contribution in [3.8, 4) is 0 Å². The molecular formula is C12H20N2O3S. The maximum absolute atomic E-state index is 12.1. The van der Waals surface area contributed by atoms with E-state index < -0.39 is 12.0 Å². The molecule has 2 amide bonds. The number of carboxylic acids is 1. The summed E-state index contributed by atoms with van der Waals surface area (Å²) in [5.74, 6) is 0.0687. The first-order chi connectivity index (χ1) is 8.68. The summed E-state index contributed by atoms with van der Waals surface area (Å²) in [5.41, 5.74) is 0. The number of carbonyl (C=O) groups is 2. The Morgan fingerprint density at radius 2 is 1.83 bits per heavy atom. The van der Waals surface area contributed by atoms with E-state index in [1.165, 1.54) is 29.5 Å². The van der Waals surface area contributed by atoms with Crippen molar-refractivity contribution in [3.63, 3.8) is 0 Å². The number of amides is 2. The number of hydrogen-bond acceptors (Lipinski definition) is 3. The van der Waals surface area contributed by atoms with E-state index in [4.69, 9.17) is 5.11 Å². The number of aliphatic carboxylic acids is 1. The van der Waals surface area contributed by atoms with Crippen LogP contribution in [0.5, 0.6) is 0 Å². The summed E-state index contributed by atoms with van der Waals surface area (Å²) in [6.07, 6.45) is 6.83. The SMILES string of the molecule is O=C(O)C1CSCN1C(=O)NC1CCCCCC1. The highest BCUT2D eigenvalue weighted by Gasteiger charge is 2.35. The minimum atomic E-state index is -0.906. The summed E-state index contributed by atoms with van der Waals surface area (Å²) in [5, 5.41) is 12.0. The Bertz CT molecular complexity index is 316. The minimum absolute atomic E-state index is 0.209. The van der Waals surface area contributed by atoms with Gasteiger partial charge in [0, 0.05) is 11.8 Å². The molecule has 1 heterocycles. The molecule has 5 nitrogen and oxygen atoms in total. The Hall–Kier alpha value is -0.910. The van der Waals surface area contributed by atoms with Crippen LogP contribution in [0, 0.1) is 0 Å². The summed E-state index contributed by atoms with van der Waals surface area (Å²) >= 11 is 1.50. The minimum Gasteiger partial charge on any atom is -0.480 e. The number of rotatable bonds is 2. The van der Waals surface area contributed by atoms with E-state index in [1.807, 2.05) is 0 Å². The van der Waals surface area contributed by atoms with Crippen LogP contribution in [0.2, 0.25) is 0 Å². The lowest BCUT2D eigenvalue weighted by Gasteiger charge is -2.24. The molecule has 0 aromatic rings. The number of carboxylic acid groups (broad SMARTS) is 1. The molecule has 1 aliphatic carbocycles. The molecule has 102 valence electrons. The van der Waals surface area contributed by atoms with Crippen molar-refractivity contribution in [2.45, 2.75) is 50.6 Å². The van der Waals surface area contributed by atoms with Crippen LogP contribution < -0.4 is 5.32 Å². The second-order valence-corrected chi connectivity index (χ2v) is 5.96. The van der Waals surface area contributed by atoms with E-state index in [1.54, 1.807) is 0 Å². The van der Waals surface area contributed by atoms with Crippen LogP contribution in [-0.2, 0) is 4.79 Å². The zero-order valence-corrected chi connectivity index (χ0v) is 11.2. The fourth-order valence-corrected chi connectivity index (χ4v) is 3.67. The Morgan fingerprint density at radius 3 is 2.44 bits per heavy atom. The summed E-state index contributed by atoms with van der Waals surface area (Å²) in [6, 6.07) is -0.653. The van der Waals surface area contributed by atoms with E-state index in [9.17, 15) is 9.59 Å². The Labute approximate surface area is 111 Å². The van der Waals surface area contributed by atoms with Crippen molar-refractivity contribution in [2.75, 3.05) is 11.6 Å². The number of nitrogens with zero attached hydrogens (tertiary/aromatic N) is 1. The van der Waals surface area contributed by atoms with E-state index in [0.717, 1.165) is 25.7 Å². The van der Waals surface area contributed by atoms with Gasteiger partial charge in [-0.2, -0.15) is 0 Å². The Balaban J connectivity index is 1.88. The standard InChI is InChI=1S/C12H20N2O3S/c15-11(16)10-7-18-8-14(10)12(17)13-9-5-3-1-2-4-6-9/h9-10H,1-8H2,(H,13,17)(H,15,16). The van der Waals surface area contributed by atoms with Gasteiger partial charge in [-0.25, -0.2) is 9.59 Å². The molecule has 1 atom stereocenters. The monoisotopic (exact) mass is 272 g/mol. The summed E-state index contributed by atoms with van der Waals surface area (Å²) < 4.78 is 0. The smallest absolute Gasteiger partial charge is 0.327 e. The van der Waals surface area contributed by atoms with Crippen molar-refractivity contribution in [3.05, 3.63) is 0 Å². The third-order valence-corrected chi connectivity index (χ3v) is 4.62. The van der Waals surface area contributed by atoms with E-state index in [2.05, 4.69) is 5.32 Å². The summed E-state index contributed by atoms with van der Waals surface area (Å²) in [4.78, 5) is 24.5. The third kappa shape index (κ3) is 3.31. The van der Waals surface area contributed by atoms with Gasteiger partial charge in [-0.3, -0.25) is 0 Å². The zero-order chi connectivity index (χ0) is 13.0. The number of urea groups is 1. The molecule has 1 unspecified atom stereocenters. The molecule has 0 spiro atoms. The normalized spacial score (nSPS) is 25.8. The topological polar surface area (TPSA) is 69.6 Å². The van der Waals surface area contributed by atoms with Crippen LogP contribution in [0.15, 0.2) is 0 Å². The van der Waals surface area contributed by atoms with Crippen LogP contribution in [0.1, 0.15) is 38.5 Å². The van der Waals surface area contributed by atoms with Gasteiger partial charge in [0.2, 0.25) is 0 Å². The summed E-state index contributed by atoms with van der Waals surface area (Å²) in [7, 11) is 0. The average Bonchev–Trinajstić information content (AvgIpc) is 2.70.